The molecule has 0 heterocycles. The van der Waals surface area contributed by atoms with Crippen LogP contribution in [0.3, 0.4) is 0 Å². The molecular weight excluding hydrogens is 424 g/mol. The predicted molar refractivity (Wildman–Crippen MR) is 118 cm³/mol. The maximum atomic E-state index is 12.6. The van der Waals surface area contributed by atoms with E-state index >= 15 is 0 Å². The van der Waals surface area contributed by atoms with E-state index in [-0.39, 0.29) is 27.1 Å². The van der Waals surface area contributed by atoms with Crippen LogP contribution in [-0.2, 0) is 16.4 Å². The van der Waals surface area contributed by atoms with Crippen molar-refractivity contribution < 1.29 is 17.9 Å². The fourth-order valence-electron chi connectivity index (χ4n) is 2.78. The zero-order valence-electron chi connectivity index (χ0n) is 16.3. The second kappa shape index (κ2) is 9.65. The Kier molecular flexibility index (Phi) is 6.97. The molecule has 0 unspecified atom stereocenters. The number of ether oxygens (including phenoxy) is 1. The van der Waals surface area contributed by atoms with Gasteiger partial charge < -0.3 is 10.1 Å². The molecule has 0 aliphatic heterocycles. The van der Waals surface area contributed by atoms with Gasteiger partial charge in [-0.25, -0.2) is 8.42 Å². The van der Waals surface area contributed by atoms with Crippen molar-refractivity contribution >= 4 is 33.2 Å². The van der Waals surface area contributed by atoms with Gasteiger partial charge in [-0.2, -0.15) is 0 Å². The van der Waals surface area contributed by atoms with Gasteiger partial charge in [-0.1, -0.05) is 41.9 Å². The summed E-state index contributed by atoms with van der Waals surface area (Å²) in [5, 5.41) is 3.04. The summed E-state index contributed by atoms with van der Waals surface area (Å²) in [7, 11) is -2.16. The number of halogens is 1. The molecule has 0 radical (unpaired) electrons. The third-order valence-electron chi connectivity index (χ3n) is 4.37. The molecule has 0 saturated carbocycles. The molecule has 0 bridgehead atoms. The first-order valence-electron chi connectivity index (χ1n) is 9.17. The molecule has 0 saturated heterocycles. The zero-order chi connectivity index (χ0) is 21.6. The zero-order valence-corrected chi connectivity index (χ0v) is 17.8. The Bertz CT molecular complexity index is 1120. The molecule has 6 nitrogen and oxygen atoms in total. The first kappa shape index (κ1) is 21.7. The molecule has 3 aromatic carbocycles. The predicted octanol–water partition coefficient (Wildman–Crippen LogP) is 4.12. The standard InChI is InChI=1S/C22H21ClN2O4S/c1-29-18-10-7-16(8-11-18)13-14-24-22(26)20-15-17(9-12-21(20)23)25-30(27,28)19-5-3-2-4-6-19/h2-12,15,25H,13-14H2,1H3,(H,24,26). The highest BCUT2D eigenvalue weighted by Gasteiger charge is 2.16. The van der Waals surface area contributed by atoms with Gasteiger partial charge in [-0.15, -0.1) is 0 Å². The first-order chi connectivity index (χ1) is 14.4. The number of hydrogen-bond acceptors (Lipinski definition) is 4. The minimum Gasteiger partial charge on any atom is -0.497 e. The molecule has 0 aliphatic carbocycles. The Hall–Kier alpha value is -3.03. The molecular formula is C22H21ClN2O4S. The van der Waals surface area contributed by atoms with Gasteiger partial charge in [0.15, 0.2) is 0 Å². The van der Waals surface area contributed by atoms with Crippen LogP contribution in [0.25, 0.3) is 0 Å². The number of amides is 1. The molecule has 3 rings (SSSR count). The molecule has 0 fully saturated rings. The molecule has 2 N–H and O–H groups in total. The highest BCUT2D eigenvalue weighted by molar-refractivity contribution is 7.92. The van der Waals surface area contributed by atoms with Gasteiger partial charge in [0, 0.05) is 12.2 Å². The van der Waals surface area contributed by atoms with Gasteiger partial charge in [-0.3, -0.25) is 9.52 Å². The van der Waals surface area contributed by atoms with Crippen LogP contribution >= 0.6 is 11.6 Å². The topological polar surface area (TPSA) is 84.5 Å². The summed E-state index contributed by atoms with van der Waals surface area (Å²) in [4.78, 5) is 12.7. The van der Waals surface area contributed by atoms with Crippen LogP contribution in [0.2, 0.25) is 5.02 Å². The van der Waals surface area contributed by atoms with E-state index in [9.17, 15) is 13.2 Å². The van der Waals surface area contributed by atoms with E-state index in [0.717, 1.165) is 11.3 Å². The van der Waals surface area contributed by atoms with Gasteiger partial charge in [0.25, 0.3) is 15.9 Å². The number of methoxy groups -OCH3 is 1. The van der Waals surface area contributed by atoms with Crippen molar-refractivity contribution in [2.45, 2.75) is 11.3 Å². The minimum absolute atomic E-state index is 0.130. The summed E-state index contributed by atoms with van der Waals surface area (Å²) in [5.41, 5.74) is 1.50. The summed E-state index contributed by atoms with van der Waals surface area (Å²) in [6.45, 7) is 0.404. The van der Waals surface area contributed by atoms with Gasteiger partial charge in [0.05, 0.1) is 22.6 Å². The average Bonchev–Trinajstić information content (AvgIpc) is 2.76. The van der Waals surface area contributed by atoms with Crippen molar-refractivity contribution in [1.82, 2.24) is 5.32 Å². The summed E-state index contributed by atoms with van der Waals surface area (Å²) >= 11 is 6.16. The maximum Gasteiger partial charge on any atom is 0.261 e. The number of hydrogen-bond donors (Lipinski definition) is 2. The van der Waals surface area contributed by atoms with Crippen molar-refractivity contribution in [3.05, 3.63) is 88.9 Å². The molecule has 156 valence electrons. The van der Waals surface area contributed by atoms with E-state index in [0.29, 0.717) is 13.0 Å². The van der Waals surface area contributed by atoms with Crippen LogP contribution in [0.15, 0.2) is 77.7 Å². The van der Waals surface area contributed by atoms with E-state index in [2.05, 4.69) is 10.0 Å². The van der Waals surface area contributed by atoms with E-state index in [1.165, 1.54) is 30.3 Å². The van der Waals surface area contributed by atoms with Crippen molar-refractivity contribution in [2.75, 3.05) is 18.4 Å². The van der Waals surface area contributed by atoms with E-state index < -0.39 is 10.0 Å². The highest BCUT2D eigenvalue weighted by atomic mass is 35.5. The molecule has 0 atom stereocenters. The molecule has 1 amide bonds. The second-order valence-corrected chi connectivity index (χ2v) is 8.56. The number of carbonyl (C=O) groups excluding carboxylic acids is 1. The van der Waals surface area contributed by atoms with Crippen LogP contribution in [-0.4, -0.2) is 28.0 Å². The fraction of sp³-hybridized carbons (Fsp3) is 0.136. The molecule has 0 aliphatic rings. The van der Waals surface area contributed by atoms with Gasteiger partial charge in [0.2, 0.25) is 0 Å². The Morgan fingerprint density at radius 1 is 1.00 bits per heavy atom. The average molecular weight is 445 g/mol. The van der Waals surface area contributed by atoms with E-state index in [1.807, 2.05) is 24.3 Å². The highest BCUT2D eigenvalue weighted by Crippen LogP contribution is 2.23. The monoisotopic (exact) mass is 444 g/mol. The number of nitrogens with one attached hydrogen (secondary N) is 2. The minimum atomic E-state index is -3.76. The van der Waals surface area contributed by atoms with Crippen molar-refractivity contribution in [2.24, 2.45) is 0 Å². The van der Waals surface area contributed by atoms with Crippen molar-refractivity contribution in [3.8, 4) is 5.75 Å². The lowest BCUT2D eigenvalue weighted by Crippen LogP contribution is -2.26. The SMILES string of the molecule is COc1ccc(CCNC(=O)c2cc(NS(=O)(=O)c3ccccc3)ccc2Cl)cc1. The summed E-state index contributed by atoms with van der Waals surface area (Å²) in [5.74, 6) is 0.388. The number of anilines is 1. The number of sulfonamides is 1. The van der Waals surface area contributed by atoms with Crippen LogP contribution in [0.5, 0.6) is 5.75 Å². The van der Waals surface area contributed by atoms with E-state index in [1.54, 1.807) is 25.3 Å². The van der Waals surface area contributed by atoms with Crippen molar-refractivity contribution in [1.29, 1.82) is 0 Å². The Labute approximate surface area is 180 Å². The maximum absolute atomic E-state index is 12.6. The van der Waals surface area contributed by atoms with E-state index in [4.69, 9.17) is 16.3 Å². The first-order valence-corrected chi connectivity index (χ1v) is 11.0. The van der Waals surface area contributed by atoms with Crippen molar-refractivity contribution in [3.63, 3.8) is 0 Å². The Morgan fingerprint density at radius 2 is 1.70 bits per heavy atom. The van der Waals surface area contributed by atoms with Gasteiger partial charge >= 0.3 is 0 Å². The largest absolute Gasteiger partial charge is 0.497 e. The smallest absolute Gasteiger partial charge is 0.261 e. The second-order valence-electron chi connectivity index (χ2n) is 6.47. The van der Waals surface area contributed by atoms with Crippen LogP contribution in [0, 0.1) is 0 Å². The third kappa shape index (κ3) is 5.52. The van der Waals surface area contributed by atoms with Crippen LogP contribution in [0.4, 0.5) is 5.69 Å². The third-order valence-corrected chi connectivity index (χ3v) is 6.10. The van der Waals surface area contributed by atoms with Crippen LogP contribution < -0.4 is 14.8 Å². The molecule has 0 spiro atoms. The lowest BCUT2D eigenvalue weighted by atomic mass is 10.1. The fourth-order valence-corrected chi connectivity index (χ4v) is 4.06. The number of carbonyl (C=O) groups is 1. The molecule has 0 aromatic heterocycles. The lowest BCUT2D eigenvalue weighted by molar-refractivity contribution is 0.0954. The lowest BCUT2D eigenvalue weighted by Gasteiger charge is -2.11. The van der Waals surface area contributed by atoms with Crippen LogP contribution in [0.1, 0.15) is 15.9 Å². The Balaban J connectivity index is 1.66. The summed E-state index contributed by atoms with van der Waals surface area (Å²) in [6.07, 6.45) is 0.633. The quantitative estimate of drug-likeness (QED) is 0.547. The summed E-state index contributed by atoms with van der Waals surface area (Å²) < 4.78 is 32.6. The van der Waals surface area contributed by atoms with Gasteiger partial charge in [-0.05, 0) is 54.4 Å². The molecule has 3 aromatic rings. The number of rotatable bonds is 8. The molecule has 30 heavy (non-hydrogen) atoms. The molecule has 8 heteroatoms. The van der Waals surface area contributed by atoms with Gasteiger partial charge in [0.1, 0.15) is 5.75 Å². The summed E-state index contributed by atoms with van der Waals surface area (Å²) in [6, 6.07) is 20.0. The normalized spacial score (nSPS) is 11.0. The number of benzene rings is 3. The Morgan fingerprint density at radius 3 is 2.37 bits per heavy atom.